The van der Waals surface area contributed by atoms with Crippen LogP contribution in [0.3, 0.4) is 0 Å². The summed E-state index contributed by atoms with van der Waals surface area (Å²) in [6.45, 7) is 3.64. The van der Waals surface area contributed by atoms with E-state index >= 15 is 0 Å². The number of para-hydroxylation sites is 2. The quantitative estimate of drug-likeness (QED) is 0.759. The molecule has 0 aliphatic carbocycles. The molecule has 0 amide bonds. The molecule has 0 unspecified atom stereocenters. The van der Waals surface area contributed by atoms with E-state index in [-0.39, 0.29) is 0 Å². The highest BCUT2D eigenvalue weighted by Crippen LogP contribution is 2.19. The Balaban J connectivity index is 1.81. The third kappa shape index (κ3) is 2.37. The molecule has 20 heavy (non-hydrogen) atoms. The number of aryl methyl sites for hydroxylation is 1. The van der Waals surface area contributed by atoms with Gasteiger partial charge in [-0.3, -0.25) is 4.68 Å². The predicted molar refractivity (Wildman–Crippen MR) is 74.4 cm³/mol. The van der Waals surface area contributed by atoms with Crippen molar-refractivity contribution in [2.24, 2.45) is 0 Å². The number of benzene rings is 1. The summed E-state index contributed by atoms with van der Waals surface area (Å²) in [4.78, 5) is 0. The maximum atomic E-state index is 4.26. The third-order valence-corrected chi connectivity index (χ3v) is 3.06. The maximum absolute atomic E-state index is 4.26. The molecule has 0 fully saturated rings. The molecule has 0 aliphatic heterocycles. The minimum Gasteiger partial charge on any atom is -0.378 e. The summed E-state index contributed by atoms with van der Waals surface area (Å²) in [5.41, 5.74) is 3.03. The number of hydrogen-bond acceptors (Lipinski definition) is 5. The third-order valence-electron chi connectivity index (χ3n) is 3.06. The van der Waals surface area contributed by atoms with Gasteiger partial charge in [-0.15, -0.1) is 5.10 Å². The minimum atomic E-state index is 0.701. The van der Waals surface area contributed by atoms with E-state index in [2.05, 4.69) is 32.9 Å². The van der Waals surface area contributed by atoms with Crippen LogP contribution in [0, 0.1) is 0 Å². The molecule has 2 aromatic heterocycles. The first-order valence-corrected chi connectivity index (χ1v) is 6.45. The molecule has 1 N–H and O–H groups in total. The maximum Gasteiger partial charge on any atom is 0.143 e. The molecular formula is C13H15N7. The molecule has 102 valence electrons. The first-order chi connectivity index (χ1) is 9.88. The van der Waals surface area contributed by atoms with Crippen molar-refractivity contribution >= 4 is 5.69 Å². The average Bonchev–Trinajstić information content (AvgIpc) is 3.16. The number of anilines is 1. The van der Waals surface area contributed by atoms with Gasteiger partial charge in [-0.1, -0.05) is 12.1 Å². The second-order valence-corrected chi connectivity index (χ2v) is 4.26. The Morgan fingerprint density at radius 2 is 2.10 bits per heavy atom. The van der Waals surface area contributed by atoms with Crippen molar-refractivity contribution in [3.05, 3.63) is 48.5 Å². The highest BCUT2D eigenvalue weighted by atomic mass is 15.5. The van der Waals surface area contributed by atoms with E-state index in [0.29, 0.717) is 6.54 Å². The van der Waals surface area contributed by atoms with Gasteiger partial charge in [0.1, 0.15) is 6.33 Å². The molecule has 0 atom stereocenters. The Morgan fingerprint density at radius 1 is 1.20 bits per heavy atom. The van der Waals surface area contributed by atoms with E-state index in [1.165, 1.54) is 0 Å². The minimum absolute atomic E-state index is 0.701. The standard InChI is InChI=1S/C13H15N7/c1-2-19-11(7-8-16-19)9-14-12-5-3-4-6-13(12)20-10-15-17-18-20/h3-8,10,14H,2,9H2,1H3. The molecule has 0 bridgehead atoms. The Morgan fingerprint density at radius 3 is 2.90 bits per heavy atom. The number of rotatable bonds is 5. The Hall–Kier alpha value is -2.70. The molecule has 3 aromatic rings. The molecule has 0 aliphatic rings. The van der Waals surface area contributed by atoms with Crippen LogP contribution in [0.15, 0.2) is 42.9 Å². The van der Waals surface area contributed by atoms with E-state index in [1.54, 1.807) is 11.0 Å². The van der Waals surface area contributed by atoms with Crippen molar-refractivity contribution in [1.29, 1.82) is 0 Å². The number of aromatic nitrogens is 6. The zero-order valence-corrected chi connectivity index (χ0v) is 11.1. The molecule has 0 spiro atoms. The van der Waals surface area contributed by atoms with Crippen LogP contribution in [0.4, 0.5) is 5.69 Å². The van der Waals surface area contributed by atoms with E-state index < -0.39 is 0 Å². The topological polar surface area (TPSA) is 73.5 Å². The van der Waals surface area contributed by atoms with Gasteiger partial charge in [-0.25, -0.2) is 0 Å². The number of nitrogens with one attached hydrogen (secondary N) is 1. The average molecular weight is 269 g/mol. The lowest BCUT2D eigenvalue weighted by Gasteiger charge is -2.11. The van der Waals surface area contributed by atoms with Gasteiger partial charge < -0.3 is 5.32 Å². The first kappa shape index (κ1) is 12.3. The Labute approximate surface area is 116 Å². The van der Waals surface area contributed by atoms with Crippen LogP contribution in [0.2, 0.25) is 0 Å². The van der Waals surface area contributed by atoms with E-state index in [9.17, 15) is 0 Å². The largest absolute Gasteiger partial charge is 0.378 e. The predicted octanol–water partition coefficient (Wildman–Crippen LogP) is 1.49. The number of hydrogen-bond donors (Lipinski definition) is 1. The molecule has 0 saturated carbocycles. The van der Waals surface area contributed by atoms with Crippen LogP contribution in [0.5, 0.6) is 0 Å². The zero-order chi connectivity index (χ0) is 13.8. The van der Waals surface area contributed by atoms with Crippen molar-refractivity contribution in [1.82, 2.24) is 30.0 Å². The van der Waals surface area contributed by atoms with Crippen LogP contribution < -0.4 is 5.32 Å². The molecule has 2 heterocycles. The smallest absolute Gasteiger partial charge is 0.143 e. The van der Waals surface area contributed by atoms with E-state index in [4.69, 9.17) is 0 Å². The summed E-state index contributed by atoms with van der Waals surface area (Å²) in [7, 11) is 0. The second-order valence-electron chi connectivity index (χ2n) is 4.26. The van der Waals surface area contributed by atoms with Gasteiger partial charge in [0.15, 0.2) is 0 Å². The number of tetrazole rings is 1. The molecule has 0 radical (unpaired) electrons. The summed E-state index contributed by atoms with van der Waals surface area (Å²) in [5, 5.41) is 18.9. The fourth-order valence-corrected chi connectivity index (χ4v) is 2.08. The zero-order valence-electron chi connectivity index (χ0n) is 11.1. The van der Waals surface area contributed by atoms with Crippen LogP contribution >= 0.6 is 0 Å². The van der Waals surface area contributed by atoms with Crippen LogP contribution in [0.25, 0.3) is 5.69 Å². The molecule has 1 aromatic carbocycles. The van der Waals surface area contributed by atoms with Gasteiger partial charge in [0.2, 0.25) is 0 Å². The van der Waals surface area contributed by atoms with Gasteiger partial charge in [-0.2, -0.15) is 9.78 Å². The van der Waals surface area contributed by atoms with Crippen LogP contribution in [-0.4, -0.2) is 30.0 Å². The Kier molecular flexibility index (Phi) is 3.40. The fraction of sp³-hybridized carbons (Fsp3) is 0.231. The fourth-order valence-electron chi connectivity index (χ4n) is 2.08. The lowest BCUT2D eigenvalue weighted by Crippen LogP contribution is -2.09. The van der Waals surface area contributed by atoms with Gasteiger partial charge in [0.25, 0.3) is 0 Å². The summed E-state index contributed by atoms with van der Waals surface area (Å²) in [5.74, 6) is 0. The highest BCUT2D eigenvalue weighted by Gasteiger charge is 2.06. The SMILES string of the molecule is CCn1nccc1CNc1ccccc1-n1cnnn1. The van der Waals surface area contributed by atoms with Crippen molar-refractivity contribution in [3.8, 4) is 5.69 Å². The highest BCUT2D eigenvalue weighted by molar-refractivity contribution is 5.60. The summed E-state index contributed by atoms with van der Waals surface area (Å²) >= 11 is 0. The van der Waals surface area contributed by atoms with Crippen molar-refractivity contribution in [2.45, 2.75) is 20.0 Å². The first-order valence-electron chi connectivity index (χ1n) is 6.45. The van der Waals surface area contributed by atoms with Crippen molar-refractivity contribution in [3.63, 3.8) is 0 Å². The normalized spacial score (nSPS) is 10.7. The number of nitrogens with zero attached hydrogens (tertiary/aromatic N) is 6. The van der Waals surface area contributed by atoms with E-state index in [0.717, 1.165) is 23.6 Å². The van der Waals surface area contributed by atoms with Crippen LogP contribution in [0.1, 0.15) is 12.6 Å². The van der Waals surface area contributed by atoms with E-state index in [1.807, 2.05) is 41.2 Å². The van der Waals surface area contributed by atoms with Crippen molar-refractivity contribution < 1.29 is 0 Å². The van der Waals surface area contributed by atoms with Crippen molar-refractivity contribution in [2.75, 3.05) is 5.32 Å². The monoisotopic (exact) mass is 269 g/mol. The van der Waals surface area contributed by atoms with Gasteiger partial charge in [0, 0.05) is 12.7 Å². The van der Waals surface area contributed by atoms with Gasteiger partial charge >= 0.3 is 0 Å². The summed E-state index contributed by atoms with van der Waals surface area (Å²) in [6, 6.07) is 9.92. The molecule has 7 heteroatoms. The van der Waals surface area contributed by atoms with Crippen LogP contribution in [-0.2, 0) is 13.1 Å². The van der Waals surface area contributed by atoms with Gasteiger partial charge in [-0.05, 0) is 35.5 Å². The summed E-state index contributed by atoms with van der Waals surface area (Å²) in [6.07, 6.45) is 3.39. The van der Waals surface area contributed by atoms with Gasteiger partial charge in [0.05, 0.1) is 23.6 Å². The lowest BCUT2D eigenvalue weighted by molar-refractivity contribution is 0.627. The lowest BCUT2D eigenvalue weighted by atomic mass is 10.2. The summed E-state index contributed by atoms with van der Waals surface area (Å²) < 4.78 is 3.60. The molecule has 7 nitrogen and oxygen atoms in total. The second kappa shape index (κ2) is 5.52. The Bertz CT molecular complexity index is 672. The molecular weight excluding hydrogens is 254 g/mol. The molecule has 0 saturated heterocycles. The molecule has 3 rings (SSSR count).